The maximum Gasteiger partial charge on any atom is 0.150 e. The van der Waals surface area contributed by atoms with Crippen LogP contribution in [0, 0.1) is 23.2 Å². The summed E-state index contributed by atoms with van der Waals surface area (Å²) in [5.74, 6) is 0.163. The molecule has 0 N–H and O–H groups in total. The molecular weight excluding hydrogens is 164 g/mol. The molecule has 0 amide bonds. The monoisotopic (exact) mass is 179 g/mol. The van der Waals surface area contributed by atoms with Crippen LogP contribution in [0.4, 0.5) is 0 Å². The molecule has 0 heterocycles. The first-order chi connectivity index (χ1) is 5.89. The molecule has 2 bridgehead atoms. The normalized spacial score (nSPS) is 42.5. The van der Waals surface area contributed by atoms with Crippen LogP contribution in [0.15, 0.2) is 0 Å². The summed E-state index contributed by atoms with van der Waals surface area (Å²) >= 11 is 0. The zero-order valence-corrected chi connectivity index (χ0v) is 8.39. The topological polar surface area (TPSA) is 34.1 Å². The molecule has 71 valence electrons. The van der Waals surface area contributed by atoms with Crippen LogP contribution < -0.4 is 0 Å². The molecule has 2 saturated carbocycles. The molecule has 2 nitrogen and oxygen atoms in total. The van der Waals surface area contributed by atoms with Crippen molar-refractivity contribution in [2.45, 2.75) is 33.6 Å². The van der Waals surface area contributed by atoms with Crippen LogP contribution in [0.1, 0.15) is 33.6 Å². The van der Waals surface area contributed by atoms with Gasteiger partial charge in [-0.2, -0.15) is 0 Å². The van der Waals surface area contributed by atoms with Crippen molar-refractivity contribution in [3.05, 3.63) is 6.42 Å². The minimum absolute atomic E-state index is 0.0382. The quantitative estimate of drug-likeness (QED) is 0.568. The Bertz CT molecular complexity index is 290. The lowest BCUT2D eigenvalue weighted by molar-refractivity contribution is -0.140. The Balaban J connectivity index is 2.51. The van der Waals surface area contributed by atoms with Gasteiger partial charge in [-0.15, -0.1) is 0 Å². The third-order valence-corrected chi connectivity index (χ3v) is 4.39. The Labute approximate surface area is 78.7 Å². The van der Waals surface area contributed by atoms with Crippen molar-refractivity contribution in [3.8, 4) is 0 Å². The number of carbonyl (C=O) groups is 2. The lowest BCUT2D eigenvalue weighted by Crippen LogP contribution is -2.48. The van der Waals surface area contributed by atoms with E-state index in [1.165, 1.54) is 6.42 Å². The van der Waals surface area contributed by atoms with Crippen molar-refractivity contribution < 1.29 is 9.59 Å². The number of hydrogen-bond acceptors (Lipinski definition) is 2. The van der Waals surface area contributed by atoms with Crippen LogP contribution >= 0.6 is 0 Å². The van der Waals surface area contributed by atoms with Gasteiger partial charge in [0, 0.05) is 11.3 Å². The van der Waals surface area contributed by atoms with Crippen molar-refractivity contribution in [2.24, 2.45) is 16.7 Å². The Morgan fingerprint density at radius 1 is 1.31 bits per heavy atom. The maximum atomic E-state index is 11.7. The van der Waals surface area contributed by atoms with Gasteiger partial charge in [0.1, 0.15) is 5.78 Å². The fourth-order valence-corrected chi connectivity index (χ4v) is 2.83. The van der Waals surface area contributed by atoms with Crippen molar-refractivity contribution in [2.75, 3.05) is 0 Å². The minimum Gasteiger partial charge on any atom is -0.299 e. The van der Waals surface area contributed by atoms with E-state index in [4.69, 9.17) is 0 Å². The van der Waals surface area contributed by atoms with Crippen molar-refractivity contribution in [1.82, 2.24) is 0 Å². The highest BCUT2D eigenvalue weighted by molar-refractivity contribution is 6.17. The van der Waals surface area contributed by atoms with E-state index < -0.39 is 0 Å². The Kier molecular flexibility index (Phi) is 1.53. The van der Waals surface area contributed by atoms with Gasteiger partial charge in [0.05, 0.1) is 6.42 Å². The van der Waals surface area contributed by atoms with Crippen molar-refractivity contribution >= 4 is 11.6 Å². The predicted molar refractivity (Wildman–Crippen MR) is 48.9 cm³/mol. The number of ketones is 2. The molecule has 2 heteroatoms. The van der Waals surface area contributed by atoms with Gasteiger partial charge in [0.25, 0.3) is 0 Å². The van der Waals surface area contributed by atoms with E-state index in [1.807, 2.05) is 20.8 Å². The van der Waals surface area contributed by atoms with E-state index >= 15 is 0 Å². The van der Waals surface area contributed by atoms with Crippen LogP contribution in [-0.2, 0) is 9.59 Å². The maximum absolute atomic E-state index is 11.7. The summed E-state index contributed by atoms with van der Waals surface area (Å²) in [6.45, 7) is 6.10. The van der Waals surface area contributed by atoms with E-state index in [9.17, 15) is 9.59 Å². The fraction of sp³-hybridized carbons (Fsp3) is 0.727. The van der Waals surface area contributed by atoms with Crippen LogP contribution in [0.25, 0.3) is 0 Å². The second kappa shape index (κ2) is 2.23. The summed E-state index contributed by atoms with van der Waals surface area (Å²) in [5.41, 5.74) is -0.429. The molecule has 2 rings (SSSR count). The molecule has 2 fully saturated rings. The minimum atomic E-state index is -0.286. The highest BCUT2D eigenvalue weighted by Gasteiger charge is 2.61. The van der Waals surface area contributed by atoms with E-state index in [0.717, 1.165) is 12.8 Å². The summed E-state index contributed by atoms with van der Waals surface area (Å²) in [7, 11) is 0. The molecule has 0 aliphatic heterocycles. The zero-order valence-electron chi connectivity index (χ0n) is 8.39. The van der Waals surface area contributed by atoms with Crippen molar-refractivity contribution in [3.63, 3.8) is 0 Å². The van der Waals surface area contributed by atoms with Gasteiger partial charge >= 0.3 is 0 Å². The van der Waals surface area contributed by atoms with Gasteiger partial charge in [-0.3, -0.25) is 9.59 Å². The lowest BCUT2D eigenvalue weighted by atomic mass is 9.58. The van der Waals surface area contributed by atoms with Gasteiger partial charge in [0.15, 0.2) is 5.78 Å². The van der Waals surface area contributed by atoms with E-state index in [0.29, 0.717) is 0 Å². The van der Waals surface area contributed by atoms with Gasteiger partial charge in [-0.05, 0) is 18.3 Å². The SMILES string of the molecule is CC12CCC(C(=O)[CH]C1=O)C2(C)C. The first-order valence-electron chi connectivity index (χ1n) is 4.82. The smallest absolute Gasteiger partial charge is 0.150 e. The first kappa shape index (κ1) is 8.92. The number of rotatable bonds is 0. The standard InChI is InChI=1S/C11H15O2/c1-10(2)7-4-5-11(10,3)9(13)6-8(7)12/h6-7H,4-5H2,1-3H3. The van der Waals surface area contributed by atoms with E-state index in [-0.39, 0.29) is 28.3 Å². The van der Waals surface area contributed by atoms with Gasteiger partial charge in [-0.25, -0.2) is 0 Å². The van der Waals surface area contributed by atoms with Crippen LogP contribution in [0.2, 0.25) is 0 Å². The second-order valence-electron chi connectivity index (χ2n) is 5.06. The zero-order chi connectivity index (χ0) is 9.85. The molecule has 2 unspecified atom stereocenters. The van der Waals surface area contributed by atoms with Gasteiger partial charge < -0.3 is 0 Å². The molecular formula is C11H15O2. The molecule has 0 saturated heterocycles. The summed E-state index contributed by atoms with van der Waals surface area (Å²) in [6, 6.07) is 0. The Morgan fingerprint density at radius 2 is 1.92 bits per heavy atom. The molecule has 2 aliphatic rings. The van der Waals surface area contributed by atoms with Gasteiger partial charge in [0.2, 0.25) is 0 Å². The third kappa shape index (κ3) is 0.839. The predicted octanol–water partition coefficient (Wildman–Crippen LogP) is 1.78. The Hall–Kier alpha value is -0.660. The molecule has 2 atom stereocenters. The summed E-state index contributed by atoms with van der Waals surface area (Å²) in [6.07, 6.45) is 3.07. The van der Waals surface area contributed by atoms with Crippen LogP contribution in [0.5, 0.6) is 0 Å². The first-order valence-corrected chi connectivity index (χ1v) is 4.82. The average Bonchev–Trinajstić information content (AvgIpc) is 2.16. The molecule has 0 spiro atoms. The highest BCUT2D eigenvalue weighted by atomic mass is 16.2. The largest absolute Gasteiger partial charge is 0.299 e. The number of Topliss-reactive ketones (excluding diaryl/α,β-unsaturated/α-hetero) is 2. The lowest BCUT2D eigenvalue weighted by Gasteiger charge is -2.43. The average molecular weight is 179 g/mol. The van der Waals surface area contributed by atoms with Gasteiger partial charge in [-0.1, -0.05) is 20.8 Å². The summed E-state index contributed by atoms with van der Waals surface area (Å²) in [5, 5.41) is 0. The second-order valence-corrected chi connectivity index (χ2v) is 5.06. The Morgan fingerprint density at radius 3 is 2.54 bits per heavy atom. The molecule has 13 heavy (non-hydrogen) atoms. The molecule has 2 aliphatic carbocycles. The number of fused-ring (bicyclic) bond motifs is 2. The van der Waals surface area contributed by atoms with E-state index in [1.54, 1.807) is 0 Å². The van der Waals surface area contributed by atoms with Crippen LogP contribution in [0.3, 0.4) is 0 Å². The summed E-state index contributed by atoms with van der Waals surface area (Å²) < 4.78 is 0. The fourth-order valence-electron chi connectivity index (χ4n) is 2.83. The molecule has 1 radical (unpaired) electrons. The number of hydrogen-bond donors (Lipinski definition) is 0. The van der Waals surface area contributed by atoms with Crippen LogP contribution in [-0.4, -0.2) is 11.6 Å². The third-order valence-electron chi connectivity index (χ3n) is 4.39. The molecule has 0 aromatic carbocycles. The molecule has 0 aromatic rings. The number of carbonyl (C=O) groups excluding carboxylic acids is 2. The highest BCUT2D eigenvalue weighted by Crippen LogP contribution is 2.59. The summed E-state index contributed by atoms with van der Waals surface area (Å²) in [4.78, 5) is 23.3. The van der Waals surface area contributed by atoms with E-state index in [2.05, 4.69) is 0 Å². The molecule has 0 aromatic heterocycles. The van der Waals surface area contributed by atoms with Crippen molar-refractivity contribution in [1.29, 1.82) is 0 Å².